The first-order valence-corrected chi connectivity index (χ1v) is 10.2. The zero-order chi connectivity index (χ0) is 21.5. The van der Waals surface area contributed by atoms with Gasteiger partial charge in [0.25, 0.3) is 5.91 Å². The van der Waals surface area contributed by atoms with Gasteiger partial charge in [0.05, 0.1) is 5.52 Å². The van der Waals surface area contributed by atoms with Crippen LogP contribution in [0.2, 0.25) is 0 Å². The summed E-state index contributed by atoms with van der Waals surface area (Å²) in [5.41, 5.74) is 8.04. The monoisotopic (exact) mass is 412 g/mol. The van der Waals surface area contributed by atoms with Crippen LogP contribution in [0.4, 0.5) is 17.1 Å². The molecule has 31 heavy (non-hydrogen) atoms. The minimum atomic E-state index is -0.104. The van der Waals surface area contributed by atoms with Crippen molar-refractivity contribution < 1.29 is 4.79 Å². The fraction of sp³-hybridized carbons (Fsp3) is 0.208. The number of benzene rings is 3. The van der Waals surface area contributed by atoms with Gasteiger partial charge in [-0.25, -0.2) is 4.68 Å². The lowest BCUT2D eigenvalue weighted by Crippen LogP contribution is -2.14. The number of fused-ring (bicyclic) bond motifs is 2. The van der Waals surface area contributed by atoms with Crippen LogP contribution in [0, 0.1) is 0 Å². The van der Waals surface area contributed by atoms with Gasteiger partial charge in [0.15, 0.2) is 0 Å². The Balaban J connectivity index is 1.31. The van der Waals surface area contributed by atoms with E-state index in [4.69, 9.17) is 0 Å². The molecule has 156 valence electrons. The van der Waals surface area contributed by atoms with E-state index in [9.17, 15) is 4.79 Å². The lowest BCUT2D eigenvalue weighted by atomic mass is 10.1. The van der Waals surface area contributed by atoms with Crippen LogP contribution in [-0.2, 0) is 20.1 Å². The lowest BCUT2D eigenvalue weighted by molar-refractivity contribution is 0.102. The zero-order valence-electron chi connectivity index (χ0n) is 17.8. The van der Waals surface area contributed by atoms with Gasteiger partial charge in [-0.05, 0) is 65.7 Å². The van der Waals surface area contributed by atoms with Crippen molar-refractivity contribution >= 4 is 34.0 Å². The summed E-state index contributed by atoms with van der Waals surface area (Å²) in [6, 6.07) is 20.0. The molecule has 0 fully saturated rings. The number of rotatable bonds is 4. The van der Waals surface area contributed by atoms with E-state index < -0.39 is 0 Å². The van der Waals surface area contributed by atoms with Crippen molar-refractivity contribution in [3.8, 4) is 0 Å². The quantitative estimate of drug-likeness (QED) is 0.552. The third-order valence-electron chi connectivity index (χ3n) is 5.79. The molecule has 1 aliphatic rings. The van der Waals surface area contributed by atoms with Crippen molar-refractivity contribution in [2.75, 3.05) is 29.2 Å². The maximum Gasteiger partial charge on any atom is 0.255 e. The van der Waals surface area contributed by atoms with Crippen LogP contribution in [0.15, 0.2) is 60.7 Å². The molecule has 5 rings (SSSR count). The van der Waals surface area contributed by atoms with E-state index in [2.05, 4.69) is 50.9 Å². The maximum atomic E-state index is 12.7. The molecule has 0 atom stereocenters. The van der Waals surface area contributed by atoms with Gasteiger partial charge in [-0.2, -0.15) is 0 Å². The molecule has 1 amide bonds. The fourth-order valence-corrected chi connectivity index (χ4v) is 3.99. The van der Waals surface area contributed by atoms with E-state index in [0.29, 0.717) is 5.56 Å². The molecular formula is C24H24N6O. The van der Waals surface area contributed by atoms with Crippen LogP contribution in [0.25, 0.3) is 11.0 Å². The third kappa shape index (κ3) is 3.59. The van der Waals surface area contributed by atoms with Crippen molar-refractivity contribution in [2.45, 2.75) is 13.1 Å². The molecule has 2 heterocycles. The van der Waals surface area contributed by atoms with E-state index in [1.165, 1.54) is 11.1 Å². The number of aromatic nitrogens is 3. The number of amides is 1. The van der Waals surface area contributed by atoms with E-state index >= 15 is 0 Å². The van der Waals surface area contributed by atoms with Gasteiger partial charge in [0.2, 0.25) is 0 Å². The molecule has 0 saturated carbocycles. The Morgan fingerprint density at radius 2 is 1.74 bits per heavy atom. The van der Waals surface area contributed by atoms with Crippen LogP contribution in [-0.4, -0.2) is 35.0 Å². The number of carbonyl (C=O) groups is 1. The molecule has 0 aliphatic carbocycles. The average molecular weight is 412 g/mol. The molecule has 0 unspecified atom stereocenters. The molecule has 1 aliphatic heterocycles. The Bertz CT molecular complexity index is 1280. The summed E-state index contributed by atoms with van der Waals surface area (Å²) in [5.74, 6) is -0.104. The Kier molecular flexibility index (Phi) is 4.58. The average Bonchev–Trinajstić information content (AvgIpc) is 3.36. The van der Waals surface area contributed by atoms with Crippen molar-refractivity contribution in [3.63, 3.8) is 0 Å². The second kappa shape index (κ2) is 7.43. The Labute approximate surface area is 180 Å². The van der Waals surface area contributed by atoms with Gasteiger partial charge in [0.1, 0.15) is 5.52 Å². The first kappa shape index (κ1) is 19.1. The number of anilines is 3. The van der Waals surface area contributed by atoms with Crippen molar-refractivity contribution in [1.82, 2.24) is 15.0 Å². The number of carbonyl (C=O) groups excluding carboxylic acids is 1. The Morgan fingerprint density at radius 3 is 2.52 bits per heavy atom. The molecule has 0 saturated heterocycles. The molecular weight excluding hydrogens is 388 g/mol. The number of aryl methyl sites for hydroxylation is 1. The summed E-state index contributed by atoms with van der Waals surface area (Å²) in [6.45, 7) is 1.63. The molecule has 7 nitrogen and oxygen atoms in total. The predicted octanol–water partition coefficient (Wildman–Crippen LogP) is 3.81. The van der Waals surface area contributed by atoms with Gasteiger partial charge in [-0.15, -0.1) is 5.10 Å². The van der Waals surface area contributed by atoms with Crippen molar-refractivity contribution in [2.24, 2.45) is 7.05 Å². The smallest absolute Gasteiger partial charge is 0.255 e. The fourth-order valence-electron chi connectivity index (χ4n) is 3.99. The highest BCUT2D eigenvalue weighted by Crippen LogP contribution is 2.31. The molecule has 7 heteroatoms. The van der Waals surface area contributed by atoms with Crippen LogP contribution in [0.5, 0.6) is 0 Å². The largest absolute Gasteiger partial charge is 0.378 e. The minimum Gasteiger partial charge on any atom is -0.378 e. The van der Waals surface area contributed by atoms with Gasteiger partial charge >= 0.3 is 0 Å². The van der Waals surface area contributed by atoms with E-state index in [-0.39, 0.29) is 5.91 Å². The predicted molar refractivity (Wildman–Crippen MR) is 124 cm³/mol. The van der Waals surface area contributed by atoms with Crippen molar-refractivity contribution in [1.29, 1.82) is 0 Å². The summed E-state index contributed by atoms with van der Waals surface area (Å²) in [4.78, 5) is 17.0. The summed E-state index contributed by atoms with van der Waals surface area (Å²) < 4.78 is 1.78. The maximum absolute atomic E-state index is 12.7. The molecule has 0 radical (unpaired) electrons. The Morgan fingerprint density at radius 1 is 0.968 bits per heavy atom. The first-order chi connectivity index (χ1) is 15.0. The summed E-state index contributed by atoms with van der Waals surface area (Å²) in [6.07, 6.45) is 0. The normalized spacial score (nSPS) is 12.8. The zero-order valence-corrected chi connectivity index (χ0v) is 17.8. The second-order valence-electron chi connectivity index (χ2n) is 8.12. The molecule has 1 N–H and O–H groups in total. The number of hydrogen-bond donors (Lipinski definition) is 1. The molecule has 1 aromatic heterocycles. The second-order valence-corrected chi connectivity index (χ2v) is 8.12. The first-order valence-electron chi connectivity index (χ1n) is 10.2. The molecule has 3 aromatic carbocycles. The highest BCUT2D eigenvalue weighted by atomic mass is 16.1. The summed E-state index contributed by atoms with van der Waals surface area (Å²) in [7, 11) is 5.86. The van der Waals surface area contributed by atoms with Gasteiger partial charge in [0, 0.05) is 56.9 Å². The van der Waals surface area contributed by atoms with Crippen LogP contribution in [0.3, 0.4) is 0 Å². The van der Waals surface area contributed by atoms with E-state index in [0.717, 1.165) is 41.2 Å². The van der Waals surface area contributed by atoms with Crippen LogP contribution >= 0.6 is 0 Å². The summed E-state index contributed by atoms with van der Waals surface area (Å²) in [5, 5.41) is 11.3. The molecule has 0 spiro atoms. The van der Waals surface area contributed by atoms with Crippen LogP contribution in [0.1, 0.15) is 21.5 Å². The SMILES string of the molecule is CN(C)c1ccc(C(=O)Nc2ccc3c(c2)CN(c2ccc4c(c2)nnn4C)C3)cc1. The van der Waals surface area contributed by atoms with Gasteiger partial charge < -0.3 is 15.1 Å². The van der Waals surface area contributed by atoms with Crippen LogP contribution < -0.4 is 15.1 Å². The third-order valence-corrected chi connectivity index (χ3v) is 5.79. The van der Waals surface area contributed by atoms with Gasteiger partial charge in [-0.3, -0.25) is 4.79 Å². The molecule has 4 aromatic rings. The van der Waals surface area contributed by atoms with E-state index in [1.54, 1.807) is 4.68 Å². The highest BCUT2D eigenvalue weighted by molar-refractivity contribution is 6.04. The highest BCUT2D eigenvalue weighted by Gasteiger charge is 2.21. The molecule has 0 bridgehead atoms. The van der Waals surface area contributed by atoms with Gasteiger partial charge in [-0.1, -0.05) is 11.3 Å². The van der Waals surface area contributed by atoms with Crippen molar-refractivity contribution in [3.05, 3.63) is 77.4 Å². The minimum absolute atomic E-state index is 0.104. The number of hydrogen-bond acceptors (Lipinski definition) is 5. The number of nitrogens with zero attached hydrogens (tertiary/aromatic N) is 5. The topological polar surface area (TPSA) is 66.3 Å². The Hall–Kier alpha value is -3.87. The number of nitrogens with one attached hydrogen (secondary N) is 1. The standard InChI is InChI=1S/C24H24N6O/c1-28(2)20-8-5-16(6-9-20)24(31)25-19-7-4-17-14-30(15-18(17)12-19)21-10-11-23-22(13-21)26-27-29(23)3/h4-13H,14-15H2,1-3H3,(H,25,31). The lowest BCUT2D eigenvalue weighted by Gasteiger charge is -2.17. The van der Waals surface area contributed by atoms with E-state index in [1.807, 2.05) is 56.4 Å². The summed E-state index contributed by atoms with van der Waals surface area (Å²) >= 11 is 0.